The van der Waals surface area contributed by atoms with Crippen LogP contribution in [-0.4, -0.2) is 78.2 Å². The first-order chi connectivity index (χ1) is 21.2. The number of hydrogen-bond donors (Lipinski definition) is 2. The Morgan fingerprint density at radius 2 is 1.68 bits per heavy atom. The monoisotopic (exact) mass is 617 g/mol. The van der Waals surface area contributed by atoms with Crippen molar-refractivity contribution in [1.29, 1.82) is 0 Å². The molecule has 5 rings (SSSR count). The van der Waals surface area contributed by atoms with Crippen molar-refractivity contribution >= 4 is 18.4 Å². The minimum absolute atomic E-state index is 0.0523. The minimum Gasteiger partial charge on any atom is -0.483 e. The molecule has 1 aromatic heterocycles. The SMILES string of the molecule is O=C(NCCCN1CCC(Cc2ccccc2)CC1)C1CCN(c2nc(-c3ccc(OC(F)(F)F)cc3)no2)CC1.O=CO. The molecule has 0 unspecified atom stereocenters. The number of carbonyl (C=O) groups is 2. The summed E-state index contributed by atoms with van der Waals surface area (Å²) in [5, 5.41) is 14.0. The van der Waals surface area contributed by atoms with Gasteiger partial charge in [0.05, 0.1) is 0 Å². The van der Waals surface area contributed by atoms with E-state index in [0.717, 1.165) is 38.4 Å². The second-order valence-corrected chi connectivity index (χ2v) is 11.0. The van der Waals surface area contributed by atoms with Crippen LogP contribution >= 0.6 is 0 Å². The number of carbonyl (C=O) groups excluding carboxylic acids is 1. The van der Waals surface area contributed by atoms with Crippen LogP contribution in [0.4, 0.5) is 19.2 Å². The van der Waals surface area contributed by atoms with Gasteiger partial charge >= 0.3 is 12.4 Å². The summed E-state index contributed by atoms with van der Waals surface area (Å²) in [6.45, 7) is 4.90. The Morgan fingerprint density at radius 1 is 1.02 bits per heavy atom. The number of likely N-dealkylation sites (tertiary alicyclic amines) is 1. The number of carboxylic acid groups (broad SMARTS) is 1. The number of ether oxygens (including phenoxy) is 1. The molecular weight excluding hydrogens is 579 g/mol. The van der Waals surface area contributed by atoms with E-state index in [2.05, 4.69) is 55.4 Å². The van der Waals surface area contributed by atoms with E-state index in [1.54, 1.807) is 0 Å². The molecule has 2 N–H and O–H groups in total. The van der Waals surface area contributed by atoms with Crippen molar-refractivity contribution in [3.63, 3.8) is 0 Å². The fourth-order valence-electron chi connectivity index (χ4n) is 5.62. The van der Waals surface area contributed by atoms with Crippen molar-refractivity contribution < 1.29 is 37.1 Å². The lowest BCUT2D eigenvalue weighted by molar-refractivity contribution is -0.274. The van der Waals surface area contributed by atoms with E-state index >= 15 is 0 Å². The van der Waals surface area contributed by atoms with Gasteiger partial charge in [-0.3, -0.25) is 9.59 Å². The molecule has 2 fully saturated rings. The normalized spacial score (nSPS) is 16.6. The summed E-state index contributed by atoms with van der Waals surface area (Å²) in [4.78, 5) is 29.9. The fraction of sp³-hybridized carbons (Fsp3) is 0.484. The predicted octanol–water partition coefficient (Wildman–Crippen LogP) is 5.01. The van der Waals surface area contributed by atoms with E-state index in [-0.39, 0.29) is 29.9 Å². The summed E-state index contributed by atoms with van der Waals surface area (Å²) in [7, 11) is 0. The van der Waals surface area contributed by atoms with Gasteiger partial charge in [0.1, 0.15) is 5.75 Å². The van der Waals surface area contributed by atoms with E-state index in [0.29, 0.717) is 44.1 Å². The summed E-state index contributed by atoms with van der Waals surface area (Å²) in [6.07, 6.45) is 1.18. The molecule has 0 atom stereocenters. The third-order valence-electron chi connectivity index (χ3n) is 7.92. The van der Waals surface area contributed by atoms with E-state index in [4.69, 9.17) is 14.4 Å². The second-order valence-electron chi connectivity index (χ2n) is 11.0. The number of amides is 1. The van der Waals surface area contributed by atoms with Crippen molar-refractivity contribution in [2.45, 2.75) is 44.9 Å². The summed E-state index contributed by atoms with van der Waals surface area (Å²) in [5.74, 6) is 0.761. The molecule has 0 aliphatic carbocycles. The molecule has 3 aromatic rings. The highest BCUT2D eigenvalue weighted by atomic mass is 19.4. The molecule has 0 bridgehead atoms. The molecule has 13 heteroatoms. The van der Waals surface area contributed by atoms with Crippen molar-refractivity contribution in [2.75, 3.05) is 44.2 Å². The standard InChI is InChI=1S/C30H36F3N5O3.CH2O2/c31-30(32,33)40-26-9-7-24(8-10-26)27-35-29(41-36-27)38-19-13-25(14-20-38)28(39)34-15-4-16-37-17-11-23(12-18-37)21-22-5-2-1-3-6-22;2-1-3/h1-3,5-10,23,25H,4,11-21H2,(H,34,39);1H,(H,2,3). The van der Waals surface area contributed by atoms with Gasteiger partial charge in [0.25, 0.3) is 6.47 Å². The lowest BCUT2D eigenvalue weighted by atomic mass is 9.90. The van der Waals surface area contributed by atoms with Crippen molar-refractivity contribution in [3.05, 3.63) is 60.2 Å². The number of alkyl halides is 3. The van der Waals surface area contributed by atoms with E-state index in [9.17, 15) is 18.0 Å². The maximum absolute atomic E-state index is 12.7. The predicted molar refractivity (Wildman–Crippen MR) is 157 cm³/mol. The second kappa shape index (κ2) is 16.1. The number of hydrogen-bond acceptors (Lipinski definition) is 8. The van der Waals surface area contributed by atoms with Gasteiger partial charge in [0.2, 0.25) is 11.7 Å². The molecule has 2 aromatic carbocycles. The fourth-order valence-corrected chi connectivity index (χ4v) is 5.62. The first-order valence-electron chi connectivity index (χ1n) is 14.8. The quantitative estimate of drug-likeness (QED) is 0.239. The average Bonchev–Trinajstić information content (AvgIpc) is 3.51. The van der Waals surface area contributed by atoms with Gasteiger partial charge in [-0.2, -0.15) is 4.98 Å². The molecule has 0 spiro atoms. The van der Waals surface area contributed by atoms with Crippen molar-refractivity contribution in [2.24, 2.45) is 11.8 Å². The molecule has 1 amide bonds. The van der Waals surface area contributed by atoms with Gasteiger partial charge in [-0.15, -0.1) is 13.2 Å². The Kier molecular flexibility index (Phi) is 12.0. The van der Waals surface area contributed by atoms with Crippen LogP contribution in [-0.2, 0) is 16.0 Å². The number of nitrogens with zero attached hydrogens (tertiary/aromatic N) is 4. The van der Waals surface area contributed by atoms with Gasteiger partial charge in [-0.05, 0) is 93.9 Å². The lowest BCUT2D eigenvalue weighted by Gasteiger charge is -2.32. The number of anilines is 1. The minimum atomic E-state index is -4.75. The number of rotatable bonds is 10. The summed E-state index contributed by atoms with van der Waals surface area (Å²) in [6, 6.07) is 16.4. The number of benzene rings is 2. The molecule has 238 valence electrons. The van der Waals surface area contributed by atoms with Gasteiger partial charge in [-0.25, -0.2) is 0 Å². The molecule has 2 aliphatic heterocycles. The Balaban J connectivity index is 0.00000141. The van der Waals surface area contributed by atoms with Gasteiger partial charge in [-0.1, -0.05) is 35.5 Å². The van der Waals surface area contributed by atoms with Gasteiger partial charge in [0, 0.05) is 31.1 Å². The number of aromatic nitrogens is 2. The number of nitrogens with one attached hydrogen (secondary N) is 1. The van der Waals surface area contributed by atoms with Crippen molar-refractivity contribution in [1.82, 2.24) is 20.4 Å². The zero-order valence-electron chi connectivity index (χ0n) is 24.4. The van der Waals surface area contributed by atoms with Crippen molar-refractivity contribution in [3.8, 4) is 17.1 Å². The maximum Gasteiger partial charge on any atom is 0.573 e. The highest BCUT2D eigenvalue weighted by Crippen LogP contribution is 2.28. The smallest absolute Gasteiger partial charge is 0.483 e. The first kappa shape index (κ1) is 32.8. The van der Waals surface area contributed by atoms with E-state index in [1.807, 2.05) is 4.90 Å². The molecule has 0 saturated carbocycles. The molecule has 0 radical (unpaired) electrons. The van der Waals surface area contributed by atoms with Crippen LogP contribution in [0.5, 0.6) is 5.75 Å². The number of halogens is 3. The maximum atomic E-state index is 12.7. The lowest BCUT2D eigenvalue weighted by Crippen LogP contribution is -2.41. The van der Waals surface area contributed by atoms with Gasteiger partial charge in [0.15, 0.2) is 0 Å². The molecule has 10 nitrogen and oxygen atoms in total. The van der Waals surface area contributed by atoms with Crippen LogP contribution in [0.3, 0.4) is 0 Å². The topological polar surface area (TPSA) is 121 Å². The van der Waals surface area contributed by atoms with Crippen LogP contribution in [0.15, 0.2) is 59.1 Å². The third kappa shape index (κ3) is 10.2. The Bertz CT molecular complexity index is 1290. The molecule has 2 aliphatic rings. The van der Waals surface area contributed by atoms with E-state index in [1.165, 1.54) is 42.7 Å². The zero-order valence-corrected chi connectivity index (χ0v) is 24.4. The van der Waals surface area contributed by atoms with Crippen LogP contribution in [0, 0.1) is 11.8 Å². The highest BCUT2D eigenvalue weighted by molar-refractivity contribution is 5.78. The average molecular weight is 618 g/mol. The highest BCUT2D eigenvalue weighted by Gasteiger charge is 2.31. The molecule has 2 saturated heterocycles. The summed E-state index contributed by atoms with van der Waals surface area (Å²) < 4.78 is 46.4. The van der Waals surface area contributed by atoms with Gasteiger partial charge < -0.3 is 29.5 Å². The summed E-state index contributed by atoms with van der Waals surface area (Å²) in [5.41, 5.74) is 1.94. The van der Waals surface area contributed by atoms with E-state index < -0.39 is 6.36 Å². The first-order valence-corrected chi connectivity index (χ1v) is 14.8. The molecule has 3 heterocycles. The molecule has 44 heavy (non-hydrogen) atoms. The third-order valence-corrected chi connectivity index (χ3v) is 7.92. The number of piperidine rings is 2. The van der Waals surface area contributed by atoms with Crippen LogP contribution in [0.25, 0.3) is 11.4 Å². The zero-order chi connectivity index (χ0) is 31.4. The molecular formula is C31H38F3N5O5. The Labute approximate surface area is 254 Å². The van der Waals surface area contributed by atoms with Crippen LogP contribution < -0.4 is 15.0 Å². The summed E-state index contributed by atoms with van der Waals surface area (Å²) >= 11 is 0. The Morgan fingerprint density at radius 3 is 2.32 bits per heavy atom. The van der Waals surface area contributed by atoms with Crippen LogP contribution in [0.1, 0.15) is 37.7 Å². The largest absolute Gasteiger partial charge is 0.573 e. The van der Waals surface area contributed by atoms with Crippen LogP contribution in [0.2, 0.25) is 0 Å². The Hall–Kier alpha value is -4.13.